The highest BCUT2D eigenvalue weighted by Crippen LogP contribution is 2.39. The van der Waals surface area contributed by atoms with Crippen molar-refractivity contribution in [1.82, 2.24) is 19.7 Å². The maximum atomic E-state index is 13.1. The second-order valence-electron chi connectivity index (χ2n) is 5.98. The molecule has 0 radical (unpaired) electrons. The monoisotopic (exact) mass is 413 g/mol. The van der Waals surface area contributed by atoms with E-state index in [1.165, 1.54) is 28.7 Å². The summed E-state index contributed by atoms with van der Waals surface area (Å²) in [6.45, 7) is 0.446. The molecule has 9 heteroatoms. The van der Waals surface area contributed by atoms with Gasteiger partial charge in [-0.1, -0.05) is 53.3 Å². The zero-order valence-electron chi connectivity index (χ0n) is 14.9. The van der Waals surface area contributed by atoms with E-state index in [4.69, 9.17) is 16.3 Å². The fourth-order valence-corrected chi connectivity index (χ4v) is 4.06. The van der Waals surface area contributed by atoms with Crippen LogP contribution in [0, 0.1) is 0 Å². The van der Waals surface area contributed by atoms with E-state index in [0.29, 0.717) is 28.0 Å². The molecule has 0 atom stereocenters. The maximum Gasteiger partial charge on any atom is 0.250 e. The molecule has 2 heterocycles. The smallest absolute Gasteiger partial charge is 0.250 e. The van der Waals surface area contributed by atoms with Gasteiger partial charge in [-0.15, -0.1) is 0 Å². The third-order valence-electron chi connectivity index (χ3n) is 4.15. The summed E-state index contributed by atoms with van der Waals surface area (Å²) in [5.41, 5.74) is 1.63. The lowest BCUT2D eigenvalue weighted by Gasteiger charge is -2.20. The summed E-state index contributed by atoms with van der Waals surface area (Å²) in [7, 11) is 1.58. The Morgan fingerprint density at radius 1 is 1.25 bits per heavy atom. The lowest BCUT2D eigenvalue weighted by Crippen LogP contribution is -2.33. The Hall–Kier alpha value is -2.97. The molecule has 0 fully saturated rings. The molecule has 7 nitrogen and oxygen atoms in total. The number of anilines is 1. The molecule has 2 aromatic carbocycles. The van der Waals surface area contributed by atoms with E-state index < -0.39 is 0 Å². The summed E-state index contributed by atoms with van der Waals surface area (Å²) < 4.78 is 7.67. The number of hydrogen-bond donors (Lipinski definition) is 0. The van der Waals surface area contributed by atoms with E-state index in [2.05, 4.69) is 15.1 Å². The number of halogens is 1. The Morgan fingerprint density at radius 2 is 2.07 bits per heavy atom. The Morgan fingerprint density at radius 3 is 2.79 bits per heavy atom. The Kier molecular flexibility index (Phi) is 5.23. The number of rotatable bonds is 6. The van der Waals surface area contributed by atoms with Crippen LogP contribution in [0.5, 0.6) is 5.75 Å². The summed E-state index contributed by atoms with van der Waals surface area (Å²) in [6, 6.07) is 13.3. The molecule has 2 aromatic heterocycles. The topological polar surface area (TPSA) is 73.1 Å². The number of carbonyl (C=O) groups is 1. The first-order valence-electron chi connectivity index (χ1n) is 8.45. The Labute approximate surface area is 170 Å². The number of aromatic nitrogens is 4. The molecule has 142 valence electrons. The zero-order valence-corrected chi connectivity index (χ0v) is 16.5. The van der Waals surface area contributed by atoms with Gasteiger partial charge in [-0.2, -0.15) is 5.10 Å². The molecule has 4 aromatic rings. The number of hydrogen-bond acceptors (Lipinski definition) is 6. The molecule has 1 amide bonds. The van der Waals surface area contributed by atoms with Crippen molar-refractivity contribution in [2.24, 2.45) is 0 Å². The minimum Gasteiger partial charge on any atom is -0.494 e. The third-order valence-corrected chi connectivity index (χ3v) is 5.69. The first-order chi connectivity index (χ1) is 13.7. The highest BCUT2D eigenvalue weighted by molar-refractivity contribution is 7.23. The van der Waals surface area contributed by atoms with Crippen LogP contribution in [-0.2, 0) is 17.9 Å². The minimum absolute atomic E-state index is 0.0631. The van der Waals surface area contributed by atoms with Crippen LogP contribution in [0.25, 0.3) is 10.2 Å². The van der Waals surface area contributed by atoms with Gasteiger partial charge in [0, 0.05) is 0 Å². The number of carbonyl (C=O) groups excluding carboxylic acids is 1. The van der Waals surface area contributed by atoms with Crippen molar-refractivity contribution in [3.8, 4) is 5.75 Å². The van der Waals surface area contributed by atoms with Crippen LogP contribution in [0.4, 0.5) is 5.13 Å². The summed E-state index contributed by atoms with van der Waals surface area (Å²) in [6.07, 6.45) is 2.91. The van der Waals surface area contributed by atoms with Gasteiger partial charge in [0.25, 0.3) is 5.91 Å². The minimum atomic E-state index is -0.150. The van der Waals surface area contributed by atoms with Gasteiger partial charge in [0.15, 0.2) is 5.13 Å². The maximum absolute atomic E-state index is 13.1. The van der Waals surface area contributed by atoms with Crippen LogP contribution < -0.4 is 9.64 Å². The molecular weight excluding hydrogens is 398 g/mol. The van der Waals surface area contributed by atoms with E-state index in [-0.39, 0.29) is 12.5 Å². The number of fused-ring (bicyclic) bond motifs is 1. The van der Waals surface area contributed by atoms with Crippen molar-refractivity contribution >= 4 is 44.2 Å². The van der Waals surface area contributed by atoms with Crippen molar-refractivity contribution in [2.75, 3.05) is 12.0 Å². The number of nitrogens with zero attached hydrogens (tertiary/aromatic N) is 5. The summed E-state index contributed by atoms with van der Waals surface area (Å²) >= 11 is 7.71. The number of thiazole rings is 1. The van der Waals surface area contributed by atoms with Crippen molar-refractivity contribution in [2.45, 2.75) is 13.1 Å². The third kappa shape index (κ3) is 3.69. The fraction of sp³-hybridized carbons (Fsp3) is 0.158. The van der Waals surface area contributed by atoms with Gasteiger partial charge in [0.2, 0.25) is 0 Å². The molecule has 0 N–H and O–H groups in total. The number of amides is 1. The highest BCUT2D eigenvalue weighted by Gasteiger charge is 2.23. The lowest BCUT2D eigenvalue weighted by molar-refractivity contribution is -0.119. The van der Waals surface area contributed by atoms with Gasteiger partial charge in [-0.3, -0.25) is 9.69 Å². The fourth-order valence-electron chi connectivity index (χ4n) is 2.79. The predicted octanol–water partition coefficient (Wildman–Crippen LogP) is 3.78. The average molecular weight is 414 g/mol. The van der Waals surface area contributed by atoms with Crippen molar-refractivity contribution in [3.63, 3.8) is 0 Å². The summed E-state index contributed by atoms with van der Waals surface area (Å²) in [4.78, 5) is 23.3. The Bertz CT molecular complexity index is 1100. The lowest BCUT2D eigenvalue weighted by atomic mass is 10.2. The quantitative estimate of drug-likeness (QED) is 0.481. The van der Waals surface area contributed by atoms with Crippen molar-refractivity contribution in [3.05, 3.63) is 65.7 Å². The molecule has 4 rings (SSSR count). The van der Waals surface area contributed by atoms with Crippen LogP contribution in [-0.4, -0.2) is 32.8 Å². The predicted molar refractivity (Wildman–Crippen MR) is 109 cm³/mol. The second-order valence-corrected chi connectivity index (χ2v) is 7.37. The van der Waals surface area contributed by atoms with Crippen LogP contribution in [0.15, 0.2) is 55.1 Å². The van der Waals surface area contributed by atoms with E-state index in [1.807, 2.05) is 30.3 Å². The van der Waals surface area contributed by atoms with Gasteiger partial charge >= 0.3 is 0 Å². The van der Waals surface area contributed by atoms with Crippen LogP contribution in [0.1, 0.15) is 5.56 Å². The van der Waals surface area contributed by atoms with Gasteiger partial charge < -0.3 is 4.74 Å². The largest absolute Gasteiger partial charge is 0.494 e. The molecule has 0 saturated carbocycles. The van der Waals surface area contributed by atoms with E-state index >= 15 is 0 Å². The summed E-state index contributed by atoms with van der Waals surface area (Å²) in [5.74, 6) is 0.466. The van der Waals surface area contributed by atoms with E-state index in [1.54, 1.807) is 24.1 Å². The van der Waals surface area contributed by atoms with Gasteiger partial charge in [-0.25, -0.2) is 14.6 Å². The summed E-state index contributed by atoms with van der Waals surface area (Å²) in [5, 5.41) is 5.15. The number of benzene rings is 2. The van der Waals surface area contributed by atoms with Crippen molar-refractivity contribution in [1.29, 1.82) is 0 Å². The van der Waals surface area contributed by atoms with Gasteiger partial charge in [0.1, 0.15) is 30.5 Å². The standard InChI is InChI=1S/C19H16ClN5O2S/c1-27-15-8-7-14(20)18-17(15)23-19(28-18)25(9-13-5-3-2-4-6-13)16(26)10-24-12-21-11-22-24/h2-8,11-12H,9-10H2,1H3. The van der Waals surface area contributed by atoms with E-state index in [9.17, 15) is 4.79 Å². The first-order valence-corrected chi connectivity index (χ1v) is 9.65. The number of ether oxygens (including phenoxy) is 1. The molecule has 0 aliphatic carbocycles. The van der Waals surface area contributed by atoms with Crippen LogP contribution in [0.2, 0.25) is 5.02 Å². The number of methoxy groups -OCH3 is 1. The highest BCUT2D eigenvalue weighted by atomic mass is 35.5. The van der Waals surface area contributed by atoms with Gasteiger partial charge in [0.05, 0.1) is 23.4 Å². The molecule has 0 unspecified atom stereocenters. The van der Waals surface area contributed by atoms with E-state index in [0.717, 1.165) is 10.3 Å². The molecule has 28 heavy (non-hydrogen) atoms. The molecule has 0 aliphatic rings. The van der Waals surface area contributed by atoms with Crippen LogP contribution in [0.3, 0.4) is 0 Å². The van der Waals surface area contributed by atoms with Crippen molar-refractivity contribution < 1.29 is 9.53 Å². The molecular formula is C19H16ClN5O2S. The normalized spacial score (nSPS) is 10.9. The van der Waals surface area contributed by atoms with Gasteiger partial charge in [-0.05, 0) is 17.7 Å². The Balaban J connectivity index is 1.75. The van der Waals surface area contributed by atoms with Crippen LogP contribution >= 0.6 is 22.9 Å². The SMILES string of the molecule is COc1ccc(Cl)c2sc(N(Cc3ccccc3)C(=O)Cn3cncn3)nc12. The molecule has 0 spiro atoms. The molecule has 0 saturated heterocycles. The second kappa shape index (κ2) is 7.95. The zero-order chi connectivity index (χ0) is 19.5. The molecule has 0 aliphatic heterocycles. The first kappa shape index (κ1) is 18.4. The molecule has 0 bridgehead atoms. The average Bonchev–Trinajstić information content (AvgIpc) is 3.37.